The third-order valence-electron chi connectivity index (χ3n) is 7.33. The summed E-state index contributed by atoms with van der Waals surface area (Å²) >= 11 is 0. The smallest absolute Gasteiger partial charge is 0.236 e. The van der Waals surface area contributed by atoms with E-state index in [1.807, 2.05) is 0 Å². The van der Waals surface area contributed by atoms with E-state index < -0.39 is 17.2 Å². The lowest BCUT2D eigenvalue weighted by Crippen LogP contribution is -2.42. The zero-order valence-electron chi connectivity index (χ0n) is 21.5. The summed E-state index contributed by atoms with van der Waals surface area (Å²) in [4.78, 5) is 8.07. The fraction of sp³-hybridized carbons (Fsp3) is 0.593. The van der Waals surface area contributed by atoms with Gasteiger partial charge in [0.25, 0.3) is 0 Å². The standard InChI is InChI=1S/C27H36F2N6O2/c1-18(15-36-2)34-20-3-5-21(6-4-20)35-25-12-22(23(28)14-31-25)19-11-24(26(29)32-13-19)33-17-27(16-30)7-9-37-10-8-27/h11-14,18,20-21,33-34H,3-10,15,17H2,1-2H3,(H,31,35)/t18-,20-,21-/m0/s1. The van der Waals surface area contributed by atoms with Crippen molar-refractivity contribution in [1.29, 1.82) is 5.26 Å². The number of nitriles is 1. The van der Waals surface area contributed by atoms with E-state index in [9.17, 15) is 14.0 Å². The van der Waals surface area contributed by atoms with E-state index in [0.29, 0.717) is 56.1 Å². The van der Waals surface area contributed by atoms with Crippen LogP contribution in [0.15, 0.2) is 24.5 Å². The van der Waals surface area contributed by atoms with Gasteiger partial charge < -0.3 is 25.4 Å². The van der Waals surface area contributed by atoms with Crippen molar-refractivity contribution in [2.45, 2.75) is 63.6 Å². The number of rotatable bonds is 10. The summed E-state index contributed by atoms with van der Waals surface area (Å²) in [7, 11) is 1.71. The molecule has 3 heterocycles. The minimum absolute atomic E-state index is 0.137. The first kappa shape index (κ1) is 27.2. The number of nitrogens with one attached hydrogen (secondary N) is 3. The summed E-state index contributed by atoms with van der Waals surface area (Å²) in [6.07, 6.45) is 7.66. The largest absolute Gasteiger partial charge is 0.383 e. The molecule has 200 valence electrons. The maximum absolute atomic E-state index is 14.8. The van der Waals surface area contributed by atoms with Crippen LogP contribution in [0.25, 0.3) is 11.1 Å². The Labute approximate surface area is 217 Å². The van der Waals surface area contributed by atoms with Crippen LogP contribution in [0.3, 0.4) is 0 Å². The fourth-order valence-electron chi connectivity index (χ4n) is 5.13. The third kappa shape index (κ3) is 7.12. The molecule has 1 saturated carbocycles. The van der Waals surface area contributed by atoms with Crippen molar-refractivity contribution in [1.82, 2.24) is 15.3 Å². The highest BCUT2D eigenvalue weighted by Gasteiger charge is 2.33. The SMILES string of the molecule is COC[C@H](C)N[C@H]1CC[C@H](Nc2cc(-c3cnc(F)c(NCC4(C#N)CCOCC4)c3)c(F)cn2)CC1. The molecule has 10 heteroatoms. The van der Waals surface area contributed by atoms with Gasteiger partial charge >= 0.3 is 0 Å². The van der Waals surface area contributed by atoms with Gasteiger partial charge in [-0.05, 0) is 57.6 Å². The Bertz CT molecular complexity index is 1080. The molecule has 0 aromatic carbocycles. The van der Waals surface area contributed by atoms with Crippen LogP contribution in [0.4, 0.5) is 20.3 Å². The molecule has 0 spiro atoms. The van der Waals surface area contributed by atoms with Crippen molar-refractivity contribution < 1.29 is 18.3 Å². The lowest BCUT2D eigenvalue weighted by atomic mass is 9.81. The van der Waals surface area contributed by atoms with Gasteiger partial charge in [0.15, 0.2) is 0 Å². The van der Waals surface area contributed by atoms with Gasteiger partial charge in [-0.25, -0.2) is 14.4 Å². The zero-order chi connectivity index (χ0) is 26.3. The Hall–Kier alpha value is -2.87. The number of hydrogen-bond donors (Lipinski definition) is 3. The van der Waals surface area contributed by atoms with E-state index in [4.69, 9.17) is 9.47 Å². The summed E-state index contributed by atoms with van der Waals surface area (Å²) in [6, 6.07) is 6.55. The Morgan fingerprint density at radius 1 is 1.14 bits per heavy atom. The molecule has 1 atom stereocenters. The van der Waals surface area contributed by atoms with Crippen LogP contribution in [0.5, 0.6) is 0 Å². The molecule has 2 aliphatic rings. The molecule has 0 bridgehead atoms. The van der Waals surface area contributed by atoms with Crippen LogP contribution >= 0.6 is 0 Å². The fourth-order valence-corrected chi connectivity index (χ4v) is 5.13. The molecular weight excluding hydrogens is 478 g/mol. The lowest BCUT2D eigenvalue weighted by molar-refractivity contribution is 0.0456. The highest BCUT2D eigenvalue weighted by molar-refractivity contribution is 5.69. The van der Waals surface area contributed by atoms with Crippen LogP contribution in [0, 0.1) is 28.5 Å². The Balaban J connectivity index is 1.41. The predicted octanol–water partition coefficient (Wildman–Crippen LogP) is 4.50. The Morgan fingerprint density at radius 2 is 1.86 bits per heavy atom. The number of aromatic nitrogens is 2. The molecule has 0 unspecified atom stereocenters. The molecule has 4 rings (SSSR count). The van der Waals surface area contributed by atoms with Crippen LogP contribution in [-0.4, -0.2) is 61.6 Å². The molecular formula is C27H36F2N6O2. The van der Waals surface area contributed by atoms with Gasteiger partial charge in [0.05, 0.1) is 30.0 Å². The maximum atomic E-state index is 14.8. The number of anilines is 2. The van der Waals surface area contributed by atoms with Crippen LogP contribution in [0.2, 0.25) is 0 Å². The number of pyridine rings is 2. The average molecular weight is 515 g/mol. The molecule has 2 aromatic rings. The van der Waals surface area contributed by atoms with Crippen molar-refractivity contribution >= 4 is 11.5 Å². The quantitative estimate of drug-likeness (QED) is 0.398. The van der Waals surface area contributed by atoms with Gasteiger partial charge in [0, 0.05) is 62.3 Å². The van der Waals surface area contributed by atoms with Gasteiger partial charge in [0.2, 0.25) is 5.95 Å². The van der Waals surface area contributed by atoms with Crippen molar-refractivity contribution in [3.8, 4) is 17.2 Å². The molecule has 2 fully saturated rings. The van der Waals surface area contributed by atoms with Crippen molar-refractivity contribution in [3.05, 3.63) is 36.3 Å². The van der Waals surface area contributed by atoms with Crippen molar-refractivity contribution in [2.75, 3.05) is 44.1 Å². The summed E-state index contributed by atoms with van der Waals surface area (Å²) in [5, 5.41) is 19.7. The first-order valence-corrected chi connectivity index (χ1v) is 13.0. The van der Waals surface area contributed by atoms with Crippen LogP contribution < -0.4 is 16.0 Å². The second kappa shape index (κ2) is 12.6. The molecule has 8 nitrogen and oxygen atoms in total. The van der Waals surface area contributed by atoms with E-state index in [1.165, 1.54) is 18.5 Å². The Morgan fingerprint density at radius 3 is 2.57 bits per heavy atom. The third-order valence-corrected chi connectivity index (χ3v) is 7.33. The van der Waals surface area contributed by atoms with Crippen LogP contribution in [0.1, 0.15) is 45.4 Å². The first-order valence-electron chi connectivity index (χ1n) is 13.0. The molecule has 0 amide bonds. The molecule has 37 heavy (non-hydrogen) atoms. The van der Waals surface area contributed by atoms with Gasteiger partial charge in [-0.1, -0.05) is 0 Å². The zero-order valence-corrected chi connectivity index (χ0v) is 21.5. The van der Waals surface area contributed by atoms with Gasteiger partial charge in [-0.3, -0.25) is 0 Å². The first-order chi connectivity index (χ1) is 17.9. The van der Waals surface area contributed by atoms with E-state index >= 15 is 0 Å². The monoisotopic (exact) mass is 514 g/mol. The minimum atomic E-state index is -0.693. The molecule has 1 aliphatic carbocycles. The number of halogens is 2. The predicted molar refractivity (Wildman–Crippen MR) is 138 cm³/mol. The summed E-state index contributed by atoms with van der Waals surface area (Å²) in [5.74, 6) is -0.630. The van der Waals surface area contributed by atoms with Crippen molar-refractivity contribution in [2.24, 2.45) is 5.41 Å². The normalized spacial score (nSPS) is 22.1. The number of hydrogen-bond acceptors (Lipinski definition) is 8. The van der Waals surface area contributed by atoms with Crippen LogP contribution in [-0.2, 0) is 9.47 Å². The molecule has 0 radical (unpaired) electrons. The molecule has 2 aromatic heterocycles. The number of methoxy groups -OCH3 is 1. The number of nitrogens with zero attached hydrogens (tertiary/aromatic N) is 3. The second-order valence-corrected chi connectivity index (χ2v) is 10.2. The maximum Gasteiger partial charge on any atom is 0.236 e. The van der Waals surface area contributed by atoms with Gasteiger partial charge in [0.1, 0.15) is 11.6 Å². The van der Waals surface area contributed by atoms with E-state index in [1.54, 1.807) is 13.2 Å². The highest BCUT2D eigenvalue weighted by Crippen LogP contribution is 2.32. The second-order valence-electron chi connectivity index (χ2n) is 10.2. The summed E-state index contributed by atoms with van der Waals surface area (Å²) in [5.41, 5.74) is 0.233. The molecule has 1 aliphatic heterocycles. The Kier molecular flexibility index (Phi) is 9.24. The van der Waals surface area contributed by atoms with Gasteiger partial charge in [-0.15, -0.1) is 0 Å². The lowest BCUT2D eigenvalue weighted by Gasteiger charge is -2.32. The topological polar surface area (TPSA) is 104 Å². The minimum Gasteiger partial charge on any atom is -0.383 e. The van der Waals surface area contributed by atoms with Gasteiger partial charge in [-0.2, -0.15) is 9.65 Å². The van der Waals surface area contributed by atoms with E-state index in [2.05, 4.69) is 38.9 Å². The summed E-state index contributed by atoms with van der Waals surface area (Å²) in [6.45, 7) is 4.07. The molecule has 3 N–H and O–H groups in total. The summed E-state index contributed by atoms with van der Waals surface area (Å²) < 4.78 is 39.9. The van der Waals surface area contributed by atoms with Crippen molar-refractivity contribution in [3.63, 3.8) is 0 Å². The highest BCUT2D eigenvalue weighted by atomic mass is 19.1. The van der Waals surface area contributed by atoms with E-state index in [0.717, 1.165) is 25.7 Å². The average Bonchev–Trinajstić information content (AvgIpc) is 2.91. The number of ether oxygens (including phenoxy) is 2. The molecule has 1 saturated heterocycles. The van der Waals surface area contributed by atoms with E-state index in [-0.39, 0.29) is 23.8 Å².